The van der Waals surface area contributed by atoms with Crippen LogP contribution in [0.1, 0.15) is 10.4 Å². The number of carbonyl (C=O) groups is 2. The molecule has 0 spiro atoms. The summed E-state index contributed by atoms with van der Waals surface area (Å²) in [5.41, 5.74) is 6.86. The molecular weight excluding hydrogens is 408 g/mol. The van der Waals surface area contributed by atoms with Gasteiger partial charge in [0.15, 0.2) is 18.1 Å². The van der Waals surface area contributed by atoms with Gasteiger partial charge in [0, 0.05) is 11.1 Å². The van der Waals surface area contributed by atoms with E-state index >= 15 is 0 Å². The second kappa shape index (κ2) is 11.2. The Balaban J connectivity index is 1.56. The predicted octanol–water partition coefficient (Wildman–Crippen LogP) is 3.77. The van der Waals surface area contributed by atoms with Crippen LogP contribution in [-0.4, -0.2) is 32.1 Å². The zero-order valence-corrected chi connectivity index (χ0v) is 17.7. The quantitative estimate of drug-likeness (QED) is 0.397. The first-order valence-corrected chi connectivity index (χ1v) is 9.90. The average molecular weight is 432 g/mol. The predicted molar refractivity (Wildman–Crippen MR) is 122 cm³/mol. The maximum absolute atomic E-state index is 12.4. The van der Waals surface area contributed by atoms with Gasteiger partial charge in [-0.2, -0.15) is 0 Å². The minimum absolute atomic E-state index is 0.262. The second-order valence-corrected chi connectivity index (χ2v) is 6.62. The molecule has 0 bridgehead atoms. The number of methoxy groups -OCH3 is 1. The number of amides is 2. The van der Waals surface area contributed by atoms with E-state index in [9.17, 15) is 9.59 Å². The zero-order chi connectivity index (χ0) is 22.8. The van der Waals surface area contributed by atoms with E-state index < -0.39 is 11.8 Å². The van der Waals surface area contributed by atoms with Crippen molar-refractivity contribution in [2.45, 2.75) is 0 Å². The second-order valence-electron chi connectivity index (χ2n) is 6.62. The lowest BCUT2D eigenvalue weighted by atomic mass is 10.1. The summed E-state index contributed by atoms with van der Waals surface area (Å²) in [5, 5.41) is 0. The van der Waals surface area contributed by atoms with Crippen molar-refractivity contribution in [2.75, 3.05) is 20.3 Å². The van der Waals surface area contributed by atoms with Crippen molar-refractivity contribution in [3.05, 3.63) is 91.0 Å². The highest BCUT2D eigenvalue weighted by atomic mass is 16.5. The third-order valence-corrected chi connectivity index (χ3v) is 4.43. The SMILES string of the molecule is C=CCOc1ccc(C(=O)NNC(=O)COc2ccccc2-c2ccccc2)cc1OC. The maximum Gasteiger partial charge on any atom is 0.276 e. The van der Waals surface area contributed by atoms with E-state index in [0.717, 1.165) is 11.1 Å². The van der Waals surface area contributed by atoms with Gasteiger partial charge in [0.05, 0.1) is 7.11 Å². The highest BCUT2D eigenvalue weighted by Gasteiger charge is 2.13. The van der Waals surface area contributed by atoms with Crippen LogP contribution in [0.2, 0.25) is 0 Å². The standard InChI is InChI=1S/C25H24N2O5/c1-3-15-31-22-14-13-19(16-23(22)30-2)25(29)27-26-24(28)17-32-21-12-8-7-11-20(21)18-9-5-4-6-10-18/h3-14,16H,1,15,17H2,2H3,(H,26,28)(H,27,29). The molecule has 3 aromatic rings. The van der Waals surface area contributed by atoms with Crippen LogP contribution in [0.15, 0.2) is 85.5 Å². The lowest BCUT2D eigenvalue weighted by Gasteiger charge is -2.13. The molecule has 0 aliphatic rings. The summed E-state index contributed by atoms with van der Waals surface area (Å²) in [7, 11) is 1.48. The molecule has 32 heavy (non-hydrogen) atoms. The molecule has 0 saturated carbocycles. The number of nitrogens with one attached hydrogen (secondary N) is 2. The van der Waals surface area contributed by atoms with Crippen LogP contribution in [0.25, 0.3) is 11.1 Å². The van der Waals surface area contributed by atoms with E-state index in [0.29, 0.717) is 29.4 Å². The molecule has 7 nitrogen and oxygen atoms in total. The van der Waals surface area contributed by atoms with Gasteiger partial charge in [-0.25, -0.2) is 0 Å². The summed E-state index contributed by atoms with van der Waals surface area (Å²) in [5.74, 6) is 0.445. The smallest absolute Gasteiger partial charge is 0.276 e. The van der Waals surface area contributed by atoms with Crippen LogP contribution in [0.3, 0.4) is 0 Å². The van der Waals surface area contributed by atoms with E-state index in [1.807, 2.05) is 48.5 Å². The largest absolute Gasteiger partial charge is 0.493 e. The fourth-order valence-electron chi connectivity index (χ4n) is 2.90. The molecule has 0 aromatic heterocycles. The van der Waals surface area contributed by atoms with Crippen LogP contribution in [0.5, 0.6) is 17.2 Å². The minimum atomic E-state index is -0.503. The molecule has 0 saturated heterocycles. The van der Waals surface area contributed by atoms with Crippen molar-refractivity contribution in [3.8, 4) is 28.4 Å². The molecule has 0 heterocycles. The average Bonchev–Trinajstić information content (AvgIpc) is 2.85. The van der Waals surface area contributed by atoms with Gasteiger partial charge in [-0.15, -0.1) is 0 Å². The Labute approximate surface area is 186 Å². The number of hydrogen-bond donors (Lipinski definition) is 2. The number of hydrazine groups is 1. The molecule has 0 unspecified atom stereocenters. The first-order chi connectivity index (χ1) is 15.6. The number of benzene rings is 3. The molecule has 2 amide bonds. The van der Waals surface area contributed by atoms with Gasteiger partial charge in [0.1, 0.15) is 12.4 Å². The highest BCUT2D eigenvalue weighted by Crippen LogP contribution is 2.29. The van der Waals surface area contributed by atoms with E-state index in [1.165, 1.54) is 13.2 Å². The van der Waals surface area contributed by atoms with Gasteiger partial charge < -0.3 is 14.2 Å². The molecule has 0 aliphatic carbocycles. The van der Waals surface area contributed by atoms with Crippen LogP contribution in [-0.2, 0) is 4.79 Å². The molecule has 0 aliphatic heterocycles. The molecule has 3 aromatic carbocycles. The maximum atomic E-state index is 12.4. The topological polar surface area (TPSA) is 85.9 Å². The lowest BCUT2D eigenvalue weighted by Crippen LogP contribution is -2.43. The van der Waals surface area contributed by atoms with Gasteiger partial charge >= 0.3 is 0 Å². The van der Waals surface area contributed by atoms with E-state index in [-0.39, 0.29) is 6.61 Å². The Morgan fingerprint density at radius 2 is 1.62 bits per heavy atom. The molecule has 0 radical (unpaired) electrons. The first-order valence-electron chi connectivity index (χ1n) is 9.90. The third kappa shape index (κ3) is 5.89. The number of para-hydroxylation sites is 1. The first kappa shape index (κ1) is 22.4. The van der Waals surface area contributed by atoms with Crippen LogP contribution in [0.4, 0.5) is 0 Å². The van der Waals surface area contributed by atoms with Crippen molar-refractivity contribution >= 4 is 11.8 Å². The highest BCUT2D eigenvalue weighted by molar-refractivity contribution is 5.96. The number of rotatable bonds is 9. The van der Waals surface area contributed by atoms with Gasteiger partial charge in [-0.05, 0) is 29.8 Å². The van der Waals surface area contributed by atoms with E-state index in [2.05, 4.69) is 17.4 Å². The summed E-state index contributed by atoms with van der Waals surface area (Å²) >= 11 is 0. The number of hydrogen-bond acceptors (Lipinski definition) is 5. The molecule has 3 rings (SSSR count). The number of carbonyl (C=O) groups excluding carboxylic acids is 2. The summed E-state index contributed by atoms with van der Waals surface area (Å²) in [6.45, 7) is 3.64. The van der Waals surface area contributed by atoms with Crippen molar-refractivity contribution in [2.24, 2.45) is 0 Å². The van der Waals surface area contributed by atoms with Gasteiger partial charge in [0.25, 0.3) is 11.8 Å². The van der Waals surface area contributed by atoms with Gasteiger partial charge in [-0.3, -0.25) is 20.4 Å². The van der Waals surface area contributed by atoms with Crippen molar-refractivity contribution < 1.29 is 23.8 Å². The van der Waals surface area contributed by atoms with E-state index in [4.69, 9.17) is 14.2 Å². The Hall–Kier alpha value is -4.26. The van der Waals surface area contributed by atoms with Crippen LogP contribution in [0, 0.1) is 0 Å². The fourth-order valence-corrected chi connectivity index (χ4v) is 2.90. The van der Waals surface area contributed by atoms with Crippen molar-refractivity contribution in [1.82, 2.24) is 10.9 Å². The summed E-state index contributed by atoms with van der Waals surface area (Å²) in [4.78, 5) is 24.6. The summed E-state index contributed by atoms with van der Waals surface area (Å²) in [6.07, 6.45) is 1.61. The minimum Gasteiger partial charge on any atom is -0.493 e. The third-order valence-electron chi connectivity index (χ3n) is 4.43. The molecule has 2 N–H and O–H groups in total. The number of ether oxygens (including phenoxy) is 3. The molecular formula is C25H24N2O5. The van der Waals surface area contributed by atoms with Crippen molar-refractivity contribution in [3.63, 3.8) is 0 Å². The summed E-state index contributed by atoms with van der Waals surface area (Å²) in [6, 6.07) is 21.9. The Morgan fingerprint density at radius 1 is 0.875 bits per heavy atom. The normalized spacial score (nSPS) is 10.0. The molecule has 0 atom stereocenters. The summed E-state index contributed by atoms with van der Waals surface area (Å²) < 4.78 is 16.4. The lowest BCUT2D eigenvalue weighted by molar-refractivity contribution is -0.123. The molecule has 0 fully saturated rings. The van der Waals surface area contributed by atoms with Crippen LogP contribution < -0.4 is 25.1 Å². The van der Waals surface area contributed by atoms with Crippen LogP contribution >= 0.6 is 0 Å². The monoisotopic (exact) mass is 432 g/mol. The van der Waals surface area contributed by atoms with Gasteiger partial charge in [-0.1, -0.05) is 61.2 Å². The van der Waals surface area contributed by atoms with E-state index in [1.54, 1.807) is 24.3 Å². The fraction of sp³-hybridized carbons (Fsp3) is 0.120. The van der Waals surface area contributed by atoms with Crippen molar-refractivity contribution in [1.29, 1.82) is 0 Å². The zero-order valence-electron chi connectivity index (χ0n) is 17.7. The molecule has 164 valence electrons. The Morgan fingerprint density at radius 3 is 2.38 bits per heavy atom. The Kier molecular flexibility index (Phi) is 7.86. The Bertz CT molecular complexity index is 1080. The molecule has 7 heteroatoms. The van der Waals surface area contributed by atoms with Gasteiger partial charge in [0.2, 0.25) is 0 Å².